The Morgan fingerprint density at radius 3 is 2.42 bits per heavy atom. The average Bonchev–Trinajstić information content (AvgIpc) is 2.33. The summed E-state index contributed by atoms with van der Waals surface area (Å²) in [5.41, 5.74) is 0.395. The van der Waals surface area contributed by atoms with E-state index >= 15 is 0 Å². The lowest BCUT2D eigenvalue weighted by Crippen LogP contribution is -2.50. The predicted molar refractivity (Wildman–Crippen MR) is 65.7 cm³/mol. The zero-order valence-electron chi connectivity index (χ0n) is 9.98. The molecule has 100 valence electrons. The van der Waals surface area contributed by atoms with Gasteiger partial charge in [-0.1, -0.05) is 0 Å². The summed E-state index contributed by atoms with van der Waals surface area (Å²) in [6.45, 7) is 0.462. The molecule has 0 radical (unpaired) electrons. The molecule has 1 aliphatic heterocycles. The molecular weight excluding hydrogens is 268 g/mol. The summed E-state index contributed by atoms with van der Waals surface area (Å²) in [5.74, 6) is -1.04. The molecular formula is C12H12N2O4S. The van der Waals surface area contributed by atoms with Crippen molar-refractivity contribution in [2.24, 2.45) is 5.92 Å². The molecule has 6 nitrogen and oxygen atoms in total. The Labute approximate surface area is 110 Å². The minimum absolute atomic E-state index is 0.0145. The molecule has 1 N–H and O–H groups in total. The van der Waals surface area contributed by atoms with Gasteiger partial charge in [-0.3, -0.25) is 4.79 Å². The molecule has 0 aliphatic carbocycles. The fourth-order valence-electron chi connectivity index (χ4n) is 1.95. The molecule has 0 bridgehead atoms. The van der Waals surface area contributed by atoms with E-state index < -0.39 is 16.0 Å². The van der Waals surface area contributed by atoms with Crippen molar-refractivity contribution >= 4 is 16.0 Å². The van der Waals surface area contributed by atoms with Gasteiger partial charge in [-0.2, -0.15) is 9.57 Å². The van der Waals surface area contributed by atoms with Crippen molar-refractivity contribution in [1.29, 1.82) is 5.26 Å². The molecule has 1 heterocycles. The zero-order chi connectivity index (χ0) is 14.0. The van der Waals surface area contributed by atoms with E-state index in [4.69, 9.17) is 10.4 Å². The van der Waals surface area contributed by atoms with Crippen LogP contribution in [-0.4, -0.2) is 36.9 Å². The van der Waals surface area contributed by atoms with Crippen LogP contribution in [0.1, 0.15) is 12.0 Å². The van der Waals surface area contributed by atoms with Crippen LogP contribution in [0.4, 0.5) is 0 Å². The van der Waals surface area contributed by atoms with Crippen LogP contribution < -0.4 is 0 Å². The van der Waals surface area contributed by atoms with E-state index in [9.17, 15) is 13.2 Å². The molecule has 0 unspecified atom stereocenters. The van der Waals surface area contributed by atoms with E-state index in [1.807, 2.05) is 6.07 Å². The monoisotopic (exact) mass is 280 g/mol. The topological polar surface area (TPSA) is 98.5 Å². The number of sulfonamides is 1. The number of hydrogen-bond donors (Lipinski definition) is 1. The maximum absolute atomic E-state index is 12.1. The van der Waals surface area contributed by atoms with Gasteiger partial charge in [0.05, 0.1) is 22.9 Å². The first-order valence-electron chi connectivity index (χ1n) is 5.65. The van der Waals surface area contributed by atoms with Crippen LogP contribution in [0.5, 0.6) is 0 Å². The summed E-state index contributed by atoms with van der Waals surface area (Å²) in [5, 5.41) is 17.3. The number of carboxylic acid groups (broad SMARTS) is 1. The Bertz CT molecular complexity index is 625. The molecule has 0 aromatic heterocycles. The molecule has 1 aliphatic rings. The van der Waals surface area contributed by atoms with Crippen LogP contribution in [0.25, 0.3) is 0 Å². The Hall–Kier alpha value is -1.91. The van der Waals surface area contributed by atoms with E-state index in [-0.39, 0.29) is 30.3 Å². The van der Waals surface area contributed by atoms with Crippen molar-refractivity contribution in [3.05, 3.63) is 29.8 Å². The summed E-state index contributed by atoms with van der Waals surface area (Å²) >= 11 is 0. The maximum atomic E-state index is 12.1. The normalized spacial score (nSPS) is 16.6. The predicted octanol–water partition coefficient (Wildman–Crippen LogP) is 0.653. The molecule has 1 saturated heterocycles. The van der Waals surface area contributed by atoms with Crippen LogP contribution in [0, 0.1) is 17.2 Å². The Morgan fingerprint density at radius 2 is 1.95 bits per heavy atom. The first-order valence-corrected chi connectivity index (χ1v) is 7.09. The number of carboxylic acids is 1. The largest absolute Gasteiger partial charge is 0.481 e. The van der Waals surface area contributed by atoms with Crippen molar-refractivity contribution in [2.45, 2.75) is 11.3 Å². The Kier molecular flexibility index (Phi) is 3.55. The van der Waals surface area contributed by atoms with Crippen LogP contribution >= 0.6 is 0 Å². The van der Waals surface area contributed by atoms with Gasteiger partial charge in [-0.05, 0) is 30.2 Å². The zero-order valence-corrected chi connectivity index (χ0v) is 10.8. The van der Waals surface area contributed by atoms with Gasteiger partial charge in [0.2, 0.25) is 10.0 Å². The lowest BCUT2D eigenvalue weighted by molar-refractivity contribution is -0.139. The lowest BCUT2D eigenvalue weighted by atomic mass is 10.00. The number of aliphatic carboxylic acids is 1. The standard InChI is InChI=1S/C12H12N2O4S/c13-6-9-1-3-11(4-2-9)19(17,18)14-7-10(8-14)5-12(15)16/h1-4,10H,5,7-8H2,(H,15,16). The van der Waals surface area contributed by atoms with Crippen LogP contribution in [-0.2, 0) is 14.8 Å². The fraction of sp³-hybridized carbons (Fsp3) is 0.333. The molecule has 1 aromatic carbocycles. The highest BCUT2D eigenvalue weighted by Gasteiger charge is 2.37. The molecule has 19 heavy (non-hydrogen) atoms. The minimum atomic E-state index is -3.56. The quantitative estimate of drug-likeness (QED) is 0.873. The molecule has 1 aromatic rings. The smallest absolute Gasteiger partial charge is 0.303 e. The summed E-state index contributed by atoms with van der Waals surface area (Å²) in [4.78, 5) is 10.6. The van der Waals surface area contributed by atoms with Crippen molar-refractivity contribution in [3.63, 3.8) is 0 Å². The van der Waals surface area contributed by atoms with Crippen molar-refractivity contribution in [1.82, 2.24) is 4.31 Å². The third kappa shape index (κ3) is 2.75. The number of rotatable bonds is 4. The molecule has 0 atom stereocenters. The van der Waals surface area contributed by atoms with Gasteiger partial charge >= 0.3 is 5.97 Å². The number of hydrogen-bond acceptors (Lipinski definition) is 4. The fourth-order valence-corrected chi connectivity index (χ4v) is 3.54. The number of nitrogens with zero attached hydrogens (tertiary/aromatic N) is 2. The number of carbonyl (C=O) groups is 1. The van der Waals surface area contributed by atoms with Crippen molar-refractivity contribution < 1.29 is 18.3 Å². The van der Waals surface area contributed by atoms with Crippen LogP contribution in [0.2, 0.25) is 0 Å². The summed E-state index contributed by atoms with van der Waals surface area (Å²) in [6.07, 6.45) is -0.0145. The van der Waals surface area contributed by atoms with E-state index in [0.717, 1.165) is 0 Å². The third-order valence-electron chi connectivity index (χ3n) is 3.01. The van der Waals surface area contributed by atoms with E-state index in [1.54, 1.807) is 0 Å². The third-order valence-corrected chi connectivity index (χ3v) is 4.85. The molecule has 0 spiro atoms. The number of benzene rings is 1. The molecule has 0 saturated carbocycles. The first-order chi connectivity index (χ1) is 8.93. The molecule has 7 heteroatoms. The van der Waals surface area contributed by atoms with E-state index in [2.05, 4.69) is 0 Å². The second-order valence-electron chi connectivity index (χ2n) is 4.42. The van der Waals surface area contributed by atoms with Gasteiger partial charge in [-0.25, -0.2) is 8.42 Å². The van der Waals surface area contributed by atoms with Gasteiger partial charge in [0.15, 0.2) is 0 Å². The first kappa shape index (κ1) is 13.5. The summed E-state index contributed by atoms with van der Waals surface area (Å²) in [6, 6.07) is 7.58. The molecule has 1 fully saturated rings. The molecule has 2 rings (SSSR count). The van der Waals surface area contributed by atoms with Gasteiger partial charge in [0.25, 0.3) is 0 Å². The van der Waals surface area contributed by atoms with Gasteiger partial charge in [0.1, 0.15) is 0 Å². The Balaban J connectivity index is 2.08. The highest BCUT2D eigenvalue weighted by atomic mass is 32.2. The summed E-state index contributed by atoms with van der Waals surface area (Å²) in [7, 11) is -3.56. The van der Waals surface area contributed by atoms with Gasteiger partial charge in [0, 0.05) is 13.1 Å². The van der Waals surface area contributed by atoms with Crippen molar-refractivity contribution in [2.75, 3.05) is 13.1 Å². The van der Waals surface area contributed by atoms with Gasteiger partial charge < -0.3 is 5.11 Å². The van der Waals surface area contributed by atoms with Crippen LogP contribution in [0.15, 0.2) is 29.2 Å². The lowest BCUT2D eigenvalue weighted by Gasteiger charge is -2.37. The molecule has 0 amide bonds. The average molecular weight is 280 g/mol. The Morgan fingerprint density at radius 1 is 1.37 bits per heavy atom. The van der Waals surface area contributed by atoms with Crippen molar-refractivity contribution in [3.8, 4) is 6.07 Å². The van der Waals surface area contributed by atoms with E-state index in [0.29, 0.717) is 5.56 Å². The second kappa shape index (κ2) is 4.99. The van der Waals surface area contributed by atoms with Crippen LogP contribution in [0.3, 0.4) is 0 Å². The highest BCUT2D eigenvalue weighted by molar-refractivity contribution is 7.89. The van der Waals surface area contributed by atoms with E-state index in [1.165, 1.54) is 28.6 Å². The van der Waals surface area contributed by atoms with Gasteiger partial charge in [-0.15, -0.1) is 0 Å². The highest BCUT2D eigenvalue weighted by Crippen LogP contribution is 2.26. The minimum Gasteiger partial charge on any atom is -0.481 e. The maximum Gasteiger partial charge on any atom is 0.303 e. The second-order valence-corrected chi connectivity index (χ2v) is 6.36. The number of nitriles is 1. The summed E-state index contributed by atoms with van der Waals surface area (Å²) < 4.78 is 25.5. The SMILES string of the molecule is N#Cc1ccc(S(=O)(=O)N2CC(CC(=O)O)C2)cc1.